The number of rotatable bonds is 4. The number of hydrogen-bond donors (Lipinski definition) is 1. The summed E-state index contributed by atoms with van der Waals surface area (Å²) < 4.78 is 0. The second-order valence-corrected chi connectivity index (χ2v) is 6.30. The van der Waals surface area contributed by atoms with Crippen LogP contribution in [0.3, 0.4) is 0 Å². The minimum absolute atomic E-state index is 0.0610. The monoisotopic (exact) mass is 234 g/mol. The smallest absolute Gasteiger partial charge is 0.0366 e. The van der Waals surface area contributed by atoms with Gasteiger partial charge in [0.1, 0.15) is 0 Å². The highest BCUT2D eigenvalue weighted by Gasteiger charge is 2.34. The first-order chi connectivity index (χ1) is 7.63. The van der Waals surface area contributed by atoms with Crippen molar-refractivity contribution in [1.29, 1.82) is 0 Å². The lowest BCUT2D eigenvalue weighted by Gasteiger charge is -2.41. The fourth-order valence-electron chi connectivity index (χ4n) is 1.75. The van der Waals surface area contributed by atoms with Crippen LogP contribution in [0.25, 0.3) is 0 Å². The van der Waals surface area contributed by atoms with Crippen LogP contribution in [0.2, 0.25) is 0 Å². The molecule has 0 amide bonds. The molecule has 0 unspecified atom stereocenters. The van der Waals surface area contributed by atoms with Gasteiger partial charge in [-0.2, -0.15) is 0 Å². The molecule has 0 aromatic heterocycles. The molecule has 17 heavy (non-hydrogen) atoms. The van der Waals surface area contributed by atoms with Crippen LogP contribution in [0.5, 0.6) is 0 Å². The molecule has 0 radical (unpaired) electrons. The quantitative estimate of drug-likeness (QED) is 0.867. The summed E-state index contributed by atoms with van der Waals surface area (Å²) in [7, 11) is 2.13. The zero-order chi connectivity index (χ0) is 13.3. The largest absolute Gasteiger partial charge is 0.374 e. The molecule has 2 heteroatoms. The van der Waals surface area contributed by atoms with E-state index in [4.69, 9.17) is 5.73 Å². The van der Waals surface area contributed by atoms with Crippen molar-refractivity contribution in [3.05, 3.63) is 29.8 Å². The van der Waals surface area contributed by atoms with Crippen LogP contribution >= 0.6 is 0 Å². The molecule has 2 nitrogen and oxygen atoms in total. The Balaban J connectivity index is 2.83. The fraction of sp³-hybridized carbons (Fsp3) is 0.600. The van der Waals surface area contributed by atoms with Crippen LogP contribution in [0.4, 0.5) is 5.69 Å². The van der Waals surface area contributed by atoms with Crippen molar-refractivity contribution in [2.24, 2.45) is 11.1 Å². The summed E-state index contributed by atoms with van der Waals surface area (Å²) in [5.74, 6) is 0. The van der Waals surface area contributed by atoms with Gasteiger partial charge in [-0.1, -0.05) is 26.0 Å². The van der Waals surface area contributed by atoms with Gasteiger partial charge in [0.25, 0.3) is 0 Å². The van der Waals surface area contributed by atoms with Crippen LogP contribution in [-0.4, -0.2) is 19.1 Å². The Bertz CT molecular complexity index is 375. The summed E-state index contributed by atoms with van der Waals surface area (Å²) in [5.41, 5.74) is 8.66. The molecule has 0 aliphatic rings. The summed E-state index contributed by atoms with van der Waals surface area (Å²) in [5, 5.41) is 0. The predicted molar refractivity (Wildman–Crippen MR) is 76.5 cm³/mol. The molecule has 0 aliphatic carbocycles. The van der Waals surface area contributed by atoms with Crippen molar-refractivity contribution in [2.45, 2.75) is 40.2 Å². The molecule has 96 valence electrons. The van der Waals surface area contributed by atoms with Gasteiger partial charge >= 0.3 is 0 Å². The van der Waals surface area contributed by atoms with Crippen LogP contribution in [0, 0.1) is 12.3 Å². The van der Waals surface area contributed by atoms with Crippen LogP contribution in [0.15, 0.2) is 24.3 Å². The number of benzene rings is 1. The lowest BCUT2D eigenvalue weighted by Crippen LogP contribution is -2.52. The van der Waals surface area contributed by atoms with E-state index in [1.54, 1.807) is 0 Å². The molecule has 1 aromatic rings. The Morgan fingerprint density at radius 2 is 1.76 bits per heavy atom. The second kappa shape index (κ2) is 4.69. The number of hydrogen-bond acceptors (Lipinski definition) is 2. The number of aryl methyl sites for hydroxylation is 1. The maximum absolute atomic E-state index is 6.24. The molecular formula is C15H26N2. The third-order valence-corrected chi connectivity index (χ3v) is 3.82. The van der Waals surface area contributed by atoms with Crippen molar-refractivity contribution in [2.75, 3.05) is 18.5 Å². The normalized spacial score (nSPS) is 12.6. The Morgan fingerprint density at radius 3 is 2.24 bits per heavy atom. The highest BCUT2D eigenvalue weighted by molar-refractivity contribution is 5.47. The van der Waals surface area contributed by atoms with Gasteiger partial charge in [0.05, 0.1) is 0 Å². The molecule has 0 atom stereocenters. The van der Waals surface area contributed by atoms with Crippen molar-refractivity contribution in [1.82, 2.24) is 0 Å². The molecule has 0 fully saturated rings. The number of nitrogens with two attached hydrogens (primary N) is 1. The van der Waals surface area contributed by atoms with Crippen LogP contribution < -0.4 is 10.6 Å². The first kappa shape index (κ1) is 14.0. The van der Waals surface area contributed by atoms with E-state index in [1.807, 2.05) is 0 Å². The molecule has 0 saturated carbocycles. The molecule has 1 rings (SSSR count). The minimum atomic E-state index is -0.189. The van der Waals surface area contributed by atoms with Gasteiger partial charge in [0, 0.05) is 24.8 Å². The molecule has 2 N–H and O–H groups in total. The lowest BCUT2D eigenvalue weighted by atomic mass is 9.75. The number of anilines is 1. The maximum Gasteiger partial charge on any atom is 0.0366 e. The summed E-state index contributed by atoms with van der Waals surface area (Å²) >= 11 is 0. The zero-order valence-electron chi connectivity index (χ0n) is 12.0. The summed E-state index contributed by atoms with van der Waals surface area (Å²) in [6, 6.07) is 8.57. The molecule has 0 saturated heterocycles. The average Bonchev–Trinajstić information content (AvgIpc) is 2.15. The number of nitrogens with zero attached hydrogens (tertiary/aromatic N) is 1. The molecule has 0 bridgehead atoms. The Morgan fingerprint density at radius 1 is 1.18 bits per heavy atom. The third kappa shape index (κ3) is 3.47. The van der Waals surface area contributed by atoms with Gasteiger partial charge in [-0.15, -0.1) is 0 Å². The average molecular weight is 234 g/mol. The van der Waals surface area contributed by atoms with Gasteiger partial charge in [-0.3, -0.25) is 0 Å². The molecule has 1 aromatic carbocycles. The standard InChI is InChI=1S/C15H26N2/c1-12-8-7-9-13(10-12)17(6)11-14(2,3)15(4,5)16/h7-10H,11,16H2,1-6H3. The minimum Gasteiger partial charge on any atom is -0.374 e. The van der Waals surface area contributed by atoms with Crippen molar-refractivity contribution in [3.63, 3.8) is 0 Å². The van der Waals surface area contributed by atoms with Gasteiger partial charge in [-0.05, 0) is 43.9 Å². The second-order valence-electron chi connectivity index (χ2n) is 6.30. The van der Waals surface area contributed by atoms with E-state index in [1.165, 1.54) is 11.3 Å². The highest BCUT2D eigenvalue weighted by atomic mass is 15.1. The molecule has 0 spiro atoms. The molecule has 0 heterocycles. The maximum atomic E-state index is 6.24. The fourth-order valence-corrected chi connectivity index (χ4v) is 1.75. The van der Waals surface area contributed by atoms with E-state index in [-0.39, 0.29) is 11.0 Å². The summed E-state index contributed by atoms with van der Waals surface area (Å²) in [4.78, 5) is 2.28. The van der Waals surface area contributed by atoms with Crippen molar-refractivity contribution in [3.8, 4) is 0 Å². The Kier molecular flexibility index (Phi) is 3.88. The first-order valence-corrected chi connectivity index (χ1v) is 6.20. The SMILES string of the molecule is Cc1cccc(N(C)CC(C)(C)C(C)(C)N)c1. The molecule has 0 aliphatic heterocycles. The van der Waals surface area contributed by atoms with E-state index in [0.717, 1.165) is 6.54 Å². The van der Waals surface area contributed by atoms with E-state index < -0.39 is 0 Å². The van der Waals surface area contributed by atoms with Crippen LogP contribution in [-0.2, 0) is 0 Å². The van der Waals surface area contributed by atoms with Gasteiger partial charge in [-0.25, -0.2) is 0 Å². The predicted octanol–water partition coefficient (Wildman–Crippen LogP) is 3.19. The van der Waals surface area contributed by atoms with Gasteiger partial charge in [0.2, 0.25) is 0 Å². The first-order valence-electron chi connectivity index (χ1n) is 6.20. The zero-order valence-corrected chi connectivity index (χ0v) is 12.0. The summed E-state index contributed by atoms with van der Waals surface area (Å²) in [6.45, 7) is 11.7. The van der Waals surface area contributed by atoms with Gasteiger partial charge < -0.3 is 10.6 Å². The summed E-state index contributed by atoms with van der Waals surface area (Å²) in [6.07, 6.45) is 0. The van der Waals surface area contributed by atoms with E-state index in [2.05, 4.69) is 70.8 Å². The van der Waals surface area contributed by atoms with Crippen LogP contribution in [0.1, 0.15) is 33.3 Å². The van der Waals surface area contributed by atoms with E-state index in [9.17, 15) is 0 Å². The topological polar surface area (TPSA) is 29.3 Å². The third-order valence-electron chi connectivity index (χ3n) is 3.82. The van der Waals surface area contributed by atoms with Gasteiger partial charge in [0.15, 0.2) is 0 Å². The Labute approximate surface area is 106 Å². The van der Waals surface area contributed by atoms with Crippen molar-refractivity contribution < 1.29 is 0 Å². The lowest BCUT2D eigenvalue weighted by molar-refractivity contribution is 0.210. The molecular weight excluding hydrogens is 208 g/mol. The van der Waals surface area contributed by atoms with Crippen molar-refractivity contribution >= 4 is 5.69 Å². The highest BCUT2D eigenvalue weighted by Crippen LogP contribution is 2.30. The van der Waals surface area contributed by atoms with E-state index in [0.29, 0.717) is 0 Å². The van der Waals surface area contributed by atoms with E-state index >= 15 is 0 Å². The Hall–Kier alpha value is -1.02.